The van der Waals surface area contributed by atoms with Crippen LogP contribution in [0.3, 0.4) is 0 Å². The van der Waals surface area contributed by atoms with Crippen molar-refractivity contribution in [3.63, 3.8) is 0 Å². The highest BCUT2D eigenvalue weighted by atomic mass is 16.1. The minimum Gasteiger partial charge on any atom is -0.335 e. The summed E-state index contributed by atoms with van der Waals surface area (Å²) >= 11 is 0. The van der Waals surface area contributed by atoms with Crippen molar-refractivity contribution >= 4 is 5.78 Å². The van der Waals surface area contributed by atoms with Gasteiger partial charge >= 0.3 is 0 Å². The van der Waals surface area contributed by atoms with Gasteiger partial charge in [0.05, 0.1) is 6.42 Å². The lowest BCUT2D eigenvalue weighted by Crippen LogP contribution is -2.35. The van der Waals surface area contributed by atoms with Crippen molar-refractivity contribution < 1.29 is 4.79 Å². The van der Waals surface area contributed by atoms with Crippen LogP contribution in [0.4, 0.5) is 0 Å². The van der Waals surface area contributed by atoms with Crippen LogP contribution in [0.5, 0.6) is 0 Å². The van der Waals surface area contributed by atoms with E-state index in [0.29, 0.717) is 12.2 Å². The highest BCUT2D eigenvalue weighted by Gasteiger charge is 2.39. The lowest BCUT2D eigenvalue weighted by molar-refractivity contribution is -0.127. The van der Waals surface area contributed by atoms with Crippen molar-refractivity contribution in [2.45, 2.75) is 46.1 Å². The number of nitrogens with zero attached hydrogens (tertiary/aromatic N) is 2. The van der Waals surface area contributed by atoms with E-state index in [1.54, 1.807) is 6.20 Å². The monoisotopic (exact) mass is 249 g/mol. The molecule has 100 valence electrons. The molecular weight excluding hydrogens is 226 g/mol. The molecule has 1 aromatic rings. The second-order valence-electron chi connectivity index (χ2n) is 5.19. The van der Waals surface area contributed by atoms with Gasteiger partial charge in [0.25, 0.3) is 0 Å². The molecule has 2 rings (SSSR count). The van der Waals surface area contributed by atoms with E-state index in [1.165, 1.54) is 0 Å². The molecule has 4 heteroatoms. The summed E-state index contributed by atoms with van der Waals surface area (Å²) < 4.78 is 2.06. The van der Waals surface area contributed by atoms with Gasteiger partial charge in [0, 0.05) is 30.9 Å². The smallest absolute Gasteiger partial charge is 0.147 e. The van der Waals surface area contributed by atoms with Crippen molar-refractivity contribution in [3.8, 4) is 0 Å². The molecule has 1 aliphatic heterocycles. The minimum absolute atomic E-state index is 0.140. The van der Waals surface area contributed by atoms with E-state index in [0.717, 1.165) is 44.7 Å². The van der Waals surface area contributed by atoms with Crippen LogP contribution in [0.15, 0.2) is 12.4 Å². The van der Waals surface area contributed by atoms with Crippen molar-refractivity contribution in [2.24, 2.45) is 5.41 Å². The van der Waals surface area contributed by atoms with Gasteiger partial charge in [-0.2, -0.15) is 0 Å². The van der Waals surface area contributed by atoms with E-state index in [-0.39, 0.29) is 5.41 Å². The third-order valence-corrected chi connectivity index (χ3v) is 4.02. The fourth-order valence-electron chi connectivity index (χ4n) is 2.94. The lowest BCUT2D eigenvalue weighted by Gasteiger charge is -2.26. The summed E-state index contributed by atoms with van der Waals surface area (Å²) in [5.74, 6) is 1.26. The maximum absolute atomic E-state index is 12.6. The average molecular weight is 249 g/mol. The largest absolute Gasteiger partial charge is 0.335 e. The van der Waals surface area contributed by atoms with Crippen LogP contribution in [0.25, 0.3) is 0 Å². The molecule has 1 aromatic heterocycles. The van der Waals surface area contributed by atoms with Crippen molar-refractivity contribution in [1.82, 2.24) is 14.9 Å². The first kappa shape index (κ1) is 13.3. The Morgan fingerprint density at radius 2 is 2.39 bits per heavy atom. The highest BCUT2D eigenvalue weighted by Crippen LogP contribution is 2.33. The van der Waals surface area contributed by atoms with Crippen LogP contribution in [0, 0.1) is 5.41 Å². The zero-order valence-electron chi connectivity index (χ0n) is 11.4. The van der Waals surface area contributed by atoms with Gasteiger partial charge in [-0.25, -0.2) is 4.98 Å². The summed E-state index contributed by atoms with van der Waals surface area (Å²) in [7, 11) is 0. The van der Waals surface area contributed by atoms with E-state index in [1.807, 2.05) is 6.20 Å². The molecular formula is C14H23N3O. The summed E-state index contributed by atoms with van der Waals surface area (Å²) in [5, 5.41) is 3.34. The fourth-order valence-corrected chi connectivity index (χ4v) is 2.94. The quantitative estimate of drug-likeness (QED) is 0.836. The molecule has 1 N–H and O–H groups in total. The molecule has 2 heterocycles. The summed E-state index contributed by atoms with van der Waals surface area (Å²) in [4.78, 5) is 16.9. The zero-order valence-corrected chi connectivity index (χ0v) is 11.4. The second kappa shape index (κ2) is 5.65. The molecule has 18 heavy (non-hydrogen) atoms. The molecule has 0 aromatic carbocycles. The van der Waals surface area contributed by atoms with Crippen LogP contribution >= 0.6 is 0 Å². The Balaban J connectivity index is 2.10. The van der Waals surface area contributed by atoms with Crippen LogP contribution < -0.4 is 5.32 Å². The molecule has 0 saturated carbocycles. The first-order valence-electron chi connectivity index (χ1n) is 6.96. The number of aryl methyl sites for hydroxylation is 1. The first-order chi connectivity index (χ1) is 8.72. The lowest BCUT2D eigenvalue weighted by atomic mass is 9.77. The third kappa shape index (κ3) is 2.48. The first-order valence-corrected chi connectivity index (χ1v) is 6.96. The average Bonchev–Trinajstić information content (AvgIpc) is 2.99. The number of aromatic nitrogens is 2. The van der Waals surface area contributed by atoms with Gasteiger partial charge in [0.1, 0.15) is 11.6 Å². The third-order valence-electron chi connectivity index (χ3n) is 4.02. The van der Waals surface area contributed by atoms with E-state index < -0.39 is 0 Å². The molecule has 0 amide bonds. The van der Waals surface area contributed by atoms with Crippen LogP contribution in [0.2, 0.25) is 0 Å². The van der Waals surface area contributed by atoms with Crippen molar-refractivity contribution in [1.29, 1.82) is 0 Å². The number of rotatable bonds is 6. The Kier molecular flexibility index (Phi) is 4.17. The van der Waals surface area contributed by atoms with Crippen molar-refractivity contribution in [2.75, 3.05) is 13.1 Å². The number of Topliss-reactive ketones (excluding diaryl/α,β-unsaturated/α-hetero) is 1. The van der Waals surface area contributed by atoms with Gasteiger partial charge in [-0.05, 0) is 26.3 Å². The van der Waals surface area contributed by atoms with Gasteiger partial charge in [-0.3, -0.25) is 4.79 Å². The second-order valence-corrected chi connectivity index (χ2v) is 5.19. The predicted octanol–water partition coefficient (Wildman–Crippen LogP) is 1.79. The predicted molar refractivity (Wildman–Crippen MR) is 71.4 cm³/mol. The summed E-state index contributed by atoms with van der Waals surface area (Å²) in [6.07, 6.45) is 7.24. The molecule has 0 spiro atoms. The minimum atomic E-state index is -0.140. The molecule has 1 aliphatic rings. The Hall–Kier alpha value is -1.16. The normalized spacial score (nSPS) is 23.4. The van der Waals surface area contributed by atoms with E-state index >= 15 is 0 Å². The van der Waals surface area contributed by atoms with Gasteiger partial charge in [0.15, 0.2) is 0 Å². The molecule has 1 fully saturated rings. The molecule has 0 radical (unpaired) electrons. The van der Waals surface area contributed by atoms with Crippen LogP contribution in [-0.4, -0.2) is 28.4 Å². The standard InChI is InChI=1S/C14H23N3O/c1-3-5-14(6-7-15-11-14)12(18)10-13-16-8-9-17(13)4-2/h8-9,15H,3-7,10-11H2,1-2H3. The number of nitrogens with one attached hydrogen (secondary N) is 1. The number of carbonyl (C=O) groups is 1. The van der Waals surface area contributed by atoms with E-state index in [2.05, 4.69) is 28.7 Å². The molecule has 0 aliphatic carbocycles. The summed E-state index contributed by atoms with van der Waals surface area (Å²) in [5.41, 5.74) is -0.140. The number of ketones is 1. The van der Waals surface area contributed by atoms with E-state index in [9.17, 15) is 4.79 Å². The molecule has 1 saturated heterocycles. The Morgan fingerprint density at radius 3 is 3.00 bits per heavy atom. The number of hydrogen-bond acceptors (Lipinski definition) is 3. The van der Waals surface area contributed by atoms with Gasteiger partial charge in [-0.15, -0.1) is 0 Å². The summed E-state index contributed by atoms with van der Waals surface area (Å²) in [6.45, 7) is 6.91. The number of imidazole rings is 1. The Labute approximate surface area is 109 Å². The SMILES string of the molecule is CCCC1(C(=O)Cc2nccn2CC)CCNC1. The molecule has 1 unspecified atom stereocenters. The van der Waals surface area contributed by atoms with Gasteiger partial charge in [0.2, 0.25) is 0 Å². The highest BCUT2D eigenvalue weighted by molar-refractivity contribution is 5.86. The molecule has 1 atom stereocenters. The maximum Gasteiger partial charge on any atom is 0.147 e. The Morgan fingerprint density at radius 1 is 1.56 bits per heavy atom. The molecule has 0 bridgehead atoms. The zero-order chi connectivity index (χ0) is 13.0. The topological polar surface area (TPSA) is 46.9 Å². The van der Waals surface area contributed by atoms with Gasteiger partial charge < -0.3 is 9.88 Å². The Bertz CT molecular complexity index is 405. The van der Waals surface area contributed by atoms with Crippen LogP contribution in [0.1, 0.15) is 38.9 Å². The molecule has 4 nitrogen and oxygen atoms in total. The maximum atomic E-state index is 12.6. The number of carbonyl (C=O) groups excluding carboxylic acids is 1. The van der Waals surface area contributed by atoms with Crippen LogP contribution in [-0.2, 0) is 17.8 Å². The fraction of sp³-hybridized carbons (Fsp3) is 0.714. The van der Waals surface area contributed by atoms with Crippen molar-refractivity contribution in [3.05, 3.63) is 18.2 Å². The van der Waals surface area contributed by atoms with E-state index in [4.69, 9.17) is 0 Å². The summed E-state index contributed by atoms with van der Waals surface area (Å²) in [6, 6.07) is 0. The number of hydrogen-bond donors (Lipinski definition) is 1. The van der Waals surface area contributed by atoms with Gasteiger partial charge in [-0.1, -0.05) is 13.3 Å².